The number of nitrogens with zero attached hydrogens (tertiary/aromatic N) is 2. The third-order valence-corrected chi connectivity index (χ3v) is 3.86. The molecule has 2 aromatic rings. The van der Waals surface area contributed by atoms with E-state index in [1.165, 1.54) is 18.2 Å². The van der Waals surface area contributed by atoms with Crippen molar-refractivity contribution >= 4 is 5.82 Å². The molecule has 3 nitrogen and oxygen atoms in total. The lowest BCUT2D eigenvalue weighted by atomic mass is 10.0. The van der Waals surface area contributed by atoms with Gasteiger partial charge in [0.2, 0.25) is 0 Å². The Hall–Kier alpha value is -2.42. The van der Waals surface area contributed by atoms with Crippen LogP contribution in [-0.4, -0.2) is 18.1 Å². The minimum absolute atomic E-state index is 0.0666. The second-order valence-corrected chi connectivity index (χ2v) is 5.29. The number of anilines is 1. The number of aromatic nitrogens is 1. The number of nitrogens with one attached hydrogen (secondary N) is 1. The van der Waals surface area contributed by atoms with Gasteiger partial charge in [0.15, 0.2) is 0 Å². The fraction of sp³-hybridized carbons (Fsp3) is 0.312. The van der Waals surface area contributed by atoms with E-state index in [-0.39, 0.29) is 5.56 Å². The van der Waals surface area contributed by atoms with Gasteiger partial charge < -0.3 is 9.88 Å². The molecule has 1 aromatic carbocycles. The molecule has 6 heteroatoms. The predicted octanol–water partition coefficient (Wildman–Crippen LogP) is 4.17. The van der Waals surface area contributed by atoms with Crippen LogP contribution in [0.4, 0.5) is 19.0 Å². The summed E-state index contributed by atoms with van der Waals surface area (Å²) in [5, 5.41) is 9.25. The van der Waals surface area contributed by atoms with Crippen LogP contribution in [0.25, 0.3) is 11.3 Å². The van der Waals surface area contributed by atoms with Gasteiger partial charge in [0.05, 0.1) is 11.1 Å². The summed E-state index contributed by atoms with van der Waals surface area (Å²) in [4.78, 5) is 5.02. The molecule has 2 heterocycles. The normalized spacial score (nSPS) is 15.1. The van der Waals surface area contributed by atoms with Crippen LogP contribution >= 0.6 is 0 Å². The summed E-state index contributed by atoms with van der Waals surface area (Å²) in [5.74, 6) is 0.618. The fourth-order valence-electron chi connectivity index (χ4n) is 2.83. The zero-order valence-corrected chi connectivity index (χ0v) is 11.7. The Kier molecular flexibility index (Phi) is 3.57. The Morgan fingerprint density at radius 2 is 1.82 bits per heavy atom. The lowest BCUT2D eigenvalue weighted by Gasteiger charge is -2.16. The van der Waals surface area contributed by atoms with E-state index in [0.29, 0.717) is 17.1 Å². The van der Waals surface area contributed by atoms with E-state index in [2.05, 4.69) is 11.1 Å². The van der Waals surface area contributed by atoms with Crippen LogP contribution in [0, 0.1) is 11.3 Å². The maximum atomic E-state index is 13.1. The number of H-pyrrole nitrogens is 1. The molecule has 1 aliphatic heterocycles. The van der Waals surface area contributed by atoms with Crippen molar-refractivity contribution in [2.24, 2.45) is 0 Å². The van der Waals surface area contributed by atoms with Crippen molar-refractivity contribution in [2.45, 2.75) is 19.0 Å². The van der Waals surface area contributed by atoms with Gasteiger partial charge in [0.1, 0.15) is 11.9 Å². The van der Waals surface area contributed by atoms with E-state index in [1.54, 1.807) is 6.07 Å². The summed E-state index contributed by atoms with van der Waals surface area (Å²) < 4.78 is 39.4. The quantitative estimate of drug-likeness (QED) is 0.904. The van der Waals surface area contributed by atoms with Crippen LogP contribution in [0.15, 0.2) is 30.3 Å². The van der Waals surface area contributed by atoms with Crippen LogP contribution in [0.2, 0.25) is 0 Å². The molecule has 1 aliphatic rings. The van der Waals surface area contributed by atoms with E-state index in [9.17, 15) is 18.4 Å². The summed E-state index contributed by atoms with van der Waals surface area (Å²) in [6, 6.07) is 8.96. The minimum Gasteiger partial charge on any atom is -0.357 e. The molecule has 0 unspecified atom stereocenters. The molecule has 1 fully saturated rings. The molecule has 1 aromatic heterocycles. The molecular weight excluding hydrogens is 291 g/mol. The Bertz CT molecular complexity index is 719. The third kappa shape index (κ3) is 2.54. The second-order valence-electron chi connectivity index (χ2n) is 5.29. The third-order valence-electron chi connectivity index (χ3n) is 3.86. The molecule has 0 atom stereocenters. The van der Waals surface area contributed by atoms with Crippen LogP contribution in [0.5, 0.6) is 0 Å². The summed E-state index contributed by atoms with van der Waals surface area (Å²) in [5.41, 5.74) is 0.0749. The smallest absolute Gasteiger partial charge is 0.357 e. The molecule has 0 amide bonds. The van der Waals surface area contributed by atoms with E-state index in [4.69, 9.17) is 0 Å². The number of rotatable bonds is 2. The van der Waals surface area contributed by atoms with Gasteiger partial charge in [0, 0.05) is 24.3 Å². The predicted molar refractivity (Wildman–Crippen MR) is 77.4 cm³/mol. The molecular formula is C16H14F3N3. The van der Waals surface area contributed by atoms with Gasteiger partial charge in [-0.1, -0.05) is 18.2 Å². The highest BCUT2D eigenvalue weighted by Gasteiger charge is 2.34. The van der Waals surface area contributed by atoms with Gasteiger partial charge in [-0.05, 0) is 25.0 Å². The molecule has 0 bridgehead atoms. The van der Waals surface area contributed by atoms with Crippen LogP contribution < -0.4 is 4.90 Å². The van der Waals surface area contributed by atoms with Crippen molar-refractivity contribution < 1.29 is 13.2 Å². The Balaban J connectivity index is 2.09. The van der Waals surface area contributed by atoms with Crippen molar-refractivity contribution in [3.8, 4) is 17.3 Å². The van der Waals surface area contributed by atoms with E-state index < -0.39 is 11.7 Å². The molecule has 0 saturated carbocycles. The minimum atomic E-state index is -4.43. The number of aromatic amines is 1. The molecule has 22 heavy (non-hydrogen) atoms. The monoisotopic (exact) mass is 305 g/mol. The van der Waals surface area contributed by atoms with Crippen molar-refractivity contribution in [2.75, 3.05) is 18.0 Å². The number of hydrogen-bond donors (Lipinski definition) is 1. The maximum Gasteiger partial charge on any atom is 0.417 e. The van der Waals surface area contributed by atoms with E-state index in [1.807, 2.05) is 4.90 Å². The van der Waals surface area contributed by atoms with Crippen molar-refractivity contribution in [3.63, 3.8) is 0 Å². The standard InChI is InChI=1S/C16H14F3N3/c17-16(18,19)13-6-2-1-5-12(13)14-9-11(10-20)15(21-14)22-7-3-4-8-22/h1-2,5-6,9,21H,3-4,7-8H2. The lowest BCUT2D eigenvalue weighted by molar-refractivity contribution is -0.137. The van der Waals surface area contributed by atoms with E-state index >= 15 is 0 Å². The molecule has 0 spiro atoms. The fourth-order valence-corrected chi connectivity index (χ4v) is 2.83. The van der Waals surface area contributed by atoms with Gasteiger partial charge in [-0.25, -0.2) is 0 Å². The number of nitriles is 1. The summed E-state index contributed by atoms with van der Waals surface area (Å²) >= 11 is 0. The summed E-state index contributed by atoms with van der Waals surface area (Å²) in [7, 11) is 0. The molecule has 0 radical (unpaired) electrons. The zero-order valence-electron chi connectivity index (χ0n) is 11.7. The van der Waals surface area contributed by atoms with Gasteiger partial charge >= 0.3 is 6.18 Å². The first kappa shape index (κ1) is 14.5. The van der Waals surface area contributed by atoms with E-state index in [0.717, 1.165) is 32.0 Å². The number of hydrogen-bond acceptors (Lipinski definition) is 2. The van der Waals surface area contributed by atoms with Crippen molar-refractivity contribution in [1.29, 1.82) is 5.26 Å². The van der Waals surface area contributed by atoms with Gasteiger partial charge in [-0.15, -0.1) is 0 Å². The number of halogens is 3. The average Bonchev–Trinajstić information content (AvgIpc) is 3.15. The summed E-state index contributed by atoms with van der Waals surface area (Å²) in [6.45, 7) is 1.63. The van der Waals surface area contributed by atoms with Crippen molar-refractivity contribution in [1.82, 2.24) is 4.98 Å². The molecule has 3 rings (SSSR count). The Morgan fingerprint density at radius 3 is 2.45 bits per heavy atom. The summed E-state index contributed by atoms with van der Waals surface area (Å²) in [6.07, 6.45) is -2.38. The Labute approximate surface area is 126 Å². The number of benzene rings is 1. The molecule has 114 valence electrons. The first-order valence-corrected chi connectivity index (χ1v) is 7.05. The Morgan fingerprint density at radius 1 is 1.14 bits per heavy atom. The molecule has 1 saturated heterocycles. The average molecular weight is 305 g/mol. The molecule has 1 N–H and O–H groups in total. The van der Waals surface area contributed by atoms with Gasteiger partial charge in [-0.2, -0.15) is 18.4 Å². The molecule has 0 aliphatic carbocycles. The van der Waals surface area contributed by atoms with Crippen LogP contribution in [0.3, 0.4) is 0 Å². The van der Waals surface area contributed by atoms with Crippen LogP contribution in [0.1, 0.15) is 24.0 Å². The lowest BCUT2D eigenvalue weighted by Crippen LogP contribution is -2.18. The van der Waals surface area contributed by atoms with Gasteiger partial charge in [0.25, 0.3) is 0 Å². The highest BCUT2D eigenvalue weighted by molar-refractivity contribution is 5.72. The highest BCUT2D eigenvalue weighted by atomic mass is 19.4. The zero-order chi connectivity index (χ0) is 15.7. The first-order chi connectivity index (χ1) is 10.5. The SMILES string of the molecule is N#Cc1cc(-c2ccccc2C(F)(F)F)[nH]c1N1CCCC1. The first-order valence-electron chi connectivity index (χ1n) is 7.05. The topological polar surface area (TPSA) is 42.8 Å². The van der Waals surface area contributed by atoms with Crippen molar-refractivity contribution in [3.05, 3.63) is 41.5 Å². The second kappa shape index (κ2) is 5.41. The van der Waals surface area contributed by atoms with Crippen LogP contribution in [-0.2, 0) is 6.18 Å². The maximum absolute atomic E-state index is 13.1. The van der Waals surface area contributed by atoms with Gasteiger partial charge in [-0.3, -0.25) is 0 Å². The highest BCUT2D eigenvalue weighted by Crippen LogP contribution is 2.38. The largest absolute Gasteiger partial charge is 0.417 e. The number of alkyl halides is 3.